The molecule has 0 fully saturated rings. The number of methoxy groups -OCH3 is 1. The van der Waals surface area contributed by atoms with Crippen LogP contribution in [0.25, 0.3) is 10.8 Å². The van der Waals surface area contributed by atoms with Crippen LogP contribution in [0.5, 0.6) is 5.75 Å². The number of hydrogen-bond acceptors (Lipinski definition) is 7. The molecule has 3 rings (SSSR count). The second-order valence-corrected chi connectivity index (χ2v) is 9.11. The molecule has 0 aliphatic rings. The van der Waals surface area contributed by atoms with Gasteiger partial charge in [0.1, 0.15) is 5.75 Å². The highest BCUT2D eigenvalue weighted by atomic mass is 35.5. The topological polar surface area (TPSA) is 164 Å². The summed E-state index contributed by atoms with van der Waals surface area (Å²) in [4.78, 5) is 7.87. The maximum absolute atomic E-state index is 13.5. The number of guanidine groups is 1. The van der Waals surface area contributed by atoms with Crippen molar-refractivity contribution in [3.05, 3.63) is 59.2 Å². The summed E-state index contributed by atoms with van der Waals surface area (Å²) in [6, 6.07) is 11.0. The van der Waals surface area contributed by atoms with Crippen LogP contribution in [-0.2, 0) is 16.6 Å². The number of aromatic nitrogens is 1. The number of nitrogens with two attached hydrogens (primary N) is 2. The molecule has 0 radical (unpaired) electrons. The number of sulfonamides is 1. The van der Waals surface area contributed by atoms with Gasteiger partial charge in [0.05, 0.1) is 23.6 Å². The molecule has 0 aliphatic heterocycles. The molecule has 0 unspecified atom stereocenters. The van der Waals surface area contributed by atoms with Crippen LogP contribution < -0.4 is 16.2 Å². The number of para-hydroxylation sites is 1. The lowest BCUT2D eigenvalue weighted by Crippen LogP contribution is -2.37. The number of hydrogen-bond donors (Lipinski definition) is 4. The molecular formula is C20H22ClN5O5S. The fraction of sp³-hybridized carbons (Fsp3) is 0.200. The van der Waals surface area contributed by atoms with Gasteiger partial charge in [-0.1, -0.05) is 35.9 Å². The number of aliphatic hydroxyl groups excluding tert-OH is 1. The zero-order valence-corrected chi connectivity index (χ0v) is 18.6. The molecular weight excluding hydrogens is 458 g/mol. The molecule has 1 heterocycles. The number of fused-ring (bicyclic) bond motifs is 1. The van der Waals surface area contributed by atoms with E-state index in [4.69, 9.17) is 27.8 Å². The normalized spacial score (nSPS) is 11.8. The molecule has 0 bridgehead atoms. The Labute approximate surface area is 189 Å². The zero-order chi connectivity index (χ0) is 23.5. The van der Waals surface area contributed by atoms with Gasteiger partial charge < -0.3 is 26.4 Å². The third-order valence-corrected chi connectivity index (χ3v) is 6.68. The molecule has 0 amide bonds. The fourth-order valence-electron chi connectivity index (χ4n) is 3.15. The Hall–Kier alpha value is -2.96. The predicted octanol–water partition coefficient (Wildman–Crippen LogP) is 1.30. The van der Waals surface area contributed by atoms with E-state index in [9.17, 15) is 18.6 Å². The average molecular weight is 480 g/mol. The quantitative estimate of drug-likeness (QED) is 0.213. The molecule has 0 saturated heterocycles. The van der Waals surface area contributed by atoms with E-state index in [1.165, 1.54) is 31.5 Å². The summed E-state index contributed by atoms with van der Waals surface area (Å²) in [6.45, 7) is -0.719. The highest BCUT2D eigenvalue weighted by molar-refractivity contribution is 7.89. The summed E-state index contributed by atoms with van der Waals surface area (Å²) in [6.07, 6.45) is -0.538. The first kappa shape index (κ1) is 23.7. The van der Waals surface area contributed by atoms with E-state index in [-0.39, 0.29) is 28.2 Å². The number of nitrogens with zero attached hydrogens (tertiary/aromatic N) is 3. The van der Waals surface area contributed by atoms with E-state index in [1.54, 1.807) is 24.3 Å². The van der Waals surface area contributed by atoms with Crippen molar-refractivity contribution in [1.82, 2.24) is 9.29 Å². The highest BCUT2D eigenvalue weighted by Gasteiger charge is 2.28. The minimum absolute atomic E-state index is 0.0971. The second-order valence-electron chi connectivity index (χ2n) is 6.76. The van der Waals surface area contributed by atoms with Gasteiger partial charge in [-0.05, 0) is 18.2 Å². The van der Waals surface area contributed by atoms with Gasteiger partial charge in [-0.25, -0.2) is 13.4 Å². The number of benzene rings is 2. The Morgan fingerprint density at radius 1 is 1.22 bits per heavy atom. The van der Waals surface area contributed by atoms with E-state index < -0.39 is 22.9 Å². The first-order chi connectivity index (χ1) is 15.1. The van der Waals surface area contributed by atoms with Crippen LogP contribution in [0.3, 0.4) is 0 Å². The molecule has 2 aromatic carbocycles. The number of rotatable bonds is 8. The van der Waals surface area contributed by atoms with Crippen molar-refractivity contribution < 1.29 is 23.4 Å². The van der Waals surface area contributed by atoms with Gasteiger partial charge >= 0.3 is 0 Å². The summed E-state index contributed by atoms with van der Waals surface area (Å²) < 4.78 is 33.1. The highest BCUT2D eigenvalue weighted by Crippen LogP contribution is 2.33. The summed E-state index contributed by atoms with van der Waals surface area (Å²) in [5.74, 6) is 0.306. The van der Waals surface area contributed by atoms with Crippen molar-refractivity contribution >= 4 is 44.2 Å². The first-order valence-electron chi connectivity index (χ1n) is 9.29. The smallest absolute Gasteiger partial charge is 0.243 e. The Morgan fingerprint density at radius 3 is 2.59 bits per heavy atom. The maximum atomic E-state index is 13.5. The largest absolute Gasteiger partial charge is 0.496 e. The average Bonchev–Trinajstić information content (AvgIpc) is 2.75. The van der Waals surface area contributed by atoms with Gasteiger partial charge in [-0.15, -0.1) is 0 Å². The number of aliphatic hydroxyl groups is 2. The molecule has 6 N–H and O–H groups in total. The van der Waals surface area contributed by atoms with E-state index in [1.807, 2.05) is 0 Å². The van der Waals surface area contributed by atoms with Crippen molar-refractivity contribution in [2.24, 2.45) is 16.5 Å². The lowest BCUT2D eigenvalue weighted by molar-refractivity contribution is -0.0502. The number of halogens is 1. The van der Waals surface area contributed by atoms with E-state index in [0.717, 1.165) is 4.31 Å². The molecule has 12 heteroatoms. The Balaban J connectivity index is 2.12. The van der Waals surface area contributed by atoms with Crippen LogP contribution in [0, 0.1) is 0 Å². The molecule has 0 saturated carbocycles. The van der Waals surface area contributed by atoms with Crippen LogP contribution in [0.4, 0.5) is 5.82 Å². The van der Waals surface area contributed by atoms with Gasteiger partial charge in [0.2, 0.25) is 10.0 Å². The summed E-state index contributed by atoms with van der Waals surface area (Å²) >= 11 is 6.19. The zero-order valence-electron chi connectivity index (χ0n) is 17.0. The molecule has 1 aromatic heterocycles. The number of ether oxygens (including phenoxy) is 1. The number of aliphatic imine (C=N–C) groups is 1. The van der Waals surface area contributed by atoms with E-state index >= 15 is 0 Å². The third-order valence-electron chi connectivity index (χ3n) is 4.57. The van der Waals surface area contributed by atoms with Gasteiger partial charge in [-0.3, -0.25) is 0 Å². The molecule has 3 aromatic rings. The monoisotopic (exact) mass is 479 g/mol. The predicted molar refractivity (Wildman–Crippen MR) is 121 cm³/mol. The molecule has 10 nitrogen and oxygen atoms in total. The Bertz CT molecular complexity index is 1260. The summed E-state index contributed by atoms with van der Waals surface area (Å²) in [5, 5.41) is 20.2. The van der Waals surface area contributed by atoms with Gasteiger partial charge in [0, 0.05) is 29.1 Å². The first-order valence-corrected chi connectivity index (χ1v) is 11.1. The summed E-state index contributed by atoms with van der Waals surface area (Å²) in [5.41, 5.74) is 11.5. The van der Waals surface area contributed by atoms with Crippen molar-refractivity contribution in [1.29, 1.82) is 0 Å². The minimum Gasteiger partial charge on any atom is -0.496 e. The third kappa shape index (κ3) is 5.09. The van der Waals surface area contributed by atoms with Crippen molar-refractivity contribution in [2.45, 2.75) is 17.7 Å². The van der Waals surface area contributed by atoms with Crippen LogP contribution in [-0.4, -0.2) is 53.8 Å². The summed E-state index contributed by atoms with van der Waals surface area (Å²) in [7, 11) is -2.73. The van der Waals surface area contributed by atoms with E-state index in [0.29, 0.717) is 22.1 Å². The van der Waals surface area contributed by atoms with Gasteiger partial charge in [0.15, 0.2) is 18.1 Å². The van der Waals surface area contributed by atoms with Gasteiger partial charge in [0.25, 0.3) is 0 Å². The number of pyridine rings is 1. The molecule has 32 heavy (non-hydrogen) atoms. The van der Waals surface area contributed by atoms with Crippen LogP contribution in [0.1, 0.15) is 5.56 Å². The van der Waals surface area contributed by atoms with Crippen LogP contribution in [0.15, 0.2) is 58.5 Å². The SMILES string of the molecule is COc1ccccc1CN(CC(O)O)S(=O)(=O)c1ccc2c(Cl)cnc(N=C(N)N)c2c1. The minimum atomic E-state index is -4.19. The van der Waals surface area contributed by atoms with Crippen molar-refractivity contribution in [3.63, 3.8) is 0 Å². The lowest BCUT2D eigenvalue weighted by Gasteiger charge is -2.24. The molecule has 170 valence electrons. The molecule has 0 atom stereocenters. The fourth-order valence-corrected chi connectivity index (χ4v) is 4.80. The van der Waals surface area contributed by atoms with Crippen molar-refractivity contribution in [2.75, 3.05) is 13.7 Å². The Kier molecular flexibility index (Phi) is 7.16. The van der Waals surface area contributed by atoms with Gasteiger partial charge in [-0.2, -0.15) is 9.30 Å². The van der Waals surface area contributed by atoms with E-state index in [2.05, 4.69) is 9.98 Å². The standard InChI is InChI=1S/C20H22ClN5O5S/c1-31-17-5-3-2-4-12(17)10-26(11-18(27)28)32(29,30)13-6-7-14-15(8-13)19(25-20(22)23)24-9-16(14)21/h2-9,18,27-28H,10-11H2,1H3,(H4,22,23,24,25). The van der Waals surface area contributed by atoms with Crippen LogP contribution in [0.2, 0.25) is 5.02 Å². The lowest BCUT2D eigenvalue weighted by atomic mass is 10.1. The molecule has 0 aliphatic carbocycles. The maximum Gasteiger partial charge on any atom is 0.243 e. The Morgan fingerprint density at radius 2 is 1.94 bits per heavy atom. The van der Waals surface area contributed by atoms with Crippen LogP contribution >= 0.6 is 11.6 Å². The second kappa shape index (κ2) is 9.67. The van der Waals surface area contributed by atoms with Crippen molar-refractivity contribution in [3.8, 4) is 5.75 Å². The molecule has 0 spiro atoms.